The lowest BCUT2D eigenvalue weighted by molar-refractivity contribution is -0.135. The lowest BCUT2D eigenvalue weighted by atomic mass is 9.47. The average molecular weight is 300 g/mol. The number of ketones is 2. The van der Waals surface area contributed by atoms with Crippen LogP contribution in [0.3, 0.4) is 0 Å². The summed E-state index contributed by atoms with van der Waals surface area (Å²) in [4.78, 5) is 36.2. The maximum atomic E-state index is 12.4. The summed E-state index contributed by atoms with van der Waals surface area (Å²) in [5, 5.41) is 0. The highest BCUT2D eigenvalue weighted by atomic mass is 16.1. The van der Waals surface area contributed by atoms with Crippen LogP contribution in [-0.2, 0) is 14.4 Å². The average Bonchev–Trinajstić information content (AvgIpc) is 2.82. The second-order valence-electron chi connectivity index (χ2n) is 8.13. The van der Waals surface area contributed by atoms with Crippen molar-refractivity contribution >= 4 is 17.9 Å². The molecule has 3 fully saturated rings. The van der Waals surface area contributed by atoms with Crippen molar-refractivity contribution in [2.24, 2.45) is 28.6 Å². The fraction of sp³-hybridized carbons (Fsp3) is 0.737. The third-order valence-corrected chi connectivity index (χ3v) is 7.48. The Bertz CT molecular complexity index is 589. The number of hydrogen-bond donors (Lipinski definition) is 0. The van der Waals surface area contributed by atoms with Gasteiger partial charge in [-0.15, -0.1) is 0 Å². The number of aldehydes is 1. The van der Waals surface area contributed by atoms with Crippen LogP contribution in [0.25, 0.3) is 0 Å². The Morgan fingerprint density at radius 3 is 2.64 bits per heavy atom. The Morgan fingerprint density at radius 1 is 1.05 bits per heavy atom. The Kier molecular flexibility index (Phi) is 3.02. The van der Waals surface area contributed by atoms with Gasteiger partial charge in [-0.3, -0.25) is 9.59 Å². The molecule has 4 rings (SSSR count). The van der Waals surface area contributed by atoms with E-state index in [-0.39, 0.29) is 11.2 Å². The molecule has 0 heterocycles. The molecule has 0 aliphatic heterocycles. The van der Waals surface area contributed by atoms with E-state index in [2.05, 4.69) is 6.92 Å². The molecule has 0 aromatic rings. The smallest absolute Gasteiger partial charge is 0.155 e. The van der Waals surface area contributed by atoms with E-state index in [1.807, 2.05) is 0 Å². The molecule has 3 heteroatoms. The van der Waals surface area contributed by atoms with Crippen LogP contribution in [0.15, 0.2) is 11.6 Å². The lowest BCUT2D eigenvalue weighted by Gasteiger charge is -2.55. The number of fused-ring (bicyclic) bond motifs is 5. The van der Waals surface area contributed by atoms with Gasteiger partial charge in [0.2, 0.25) is 0 Å². The van der Waals surface area contributed by atoms with Gasteiger partial charge in [0.1, 0.15) is 12.1 Å². The van der Waals surface area contributed by atoms with Gasteiger partial charge in [0.15, 0.2) is 5.78 Å². The first-order valence-corrected chi connectivity index (χ1v) is 8.75. The number of hydrogen-bond acceptors (Lipinski definition) is 3. The minimum absolute atomic E-state index is 0.142. The van der Waals surface area contributed by atoms with Crippen molar-refractivity contribution in [3.8, 4) is 0 Å². The molecular weight excluding hydrogens is 276 g/mol. The number of rotatable bonds is 1. The molecule has 3 nitrogen and oxygen atoms in total. The van der Waals surface area contributed by atoms with E-state index in [1.54, 1.807) is 6.08 Å². The zero-order valence-corrected chi connectivity index (χ0v) is 13.3. The maximum Gasteiger partial charge on any atom is 0.155 e. The summed E-state index contributed by atoms with van der Waals surface area (Å²) >= 11 is 0. The molecule has 22 heavy (non-hydrogen) atoms. The number of carbonyl (C=O) groups is 3. The zero-order valence-electron chi connectivity index (χ0n) is 13.3. The van der Waals surface area contributed by atoms with E-state index in [9.17, 15) is 14.4 Å². The molecule has 0 amide bonds. The topological polar surface area (TPSA) is 51.2 Å². The van der Waals surface area contributed by atoms with Crippen LogP contribution >= 0.6 is 0 Å². The highest BCUT2D eigenvalue weighted by Crippen LogP contribution is 2.63. The second-order valence-corrected chi connectivity index (χ2v) is 8.13. The molecule has 0 unspecified atom stereocenters. The van der Waals surface area contributed by atoms with Gasteiger partial charge in [0.25, 0.3) is 0 Å². The van der Waals surface area contributed by atoms with Gasteiger partial charge in [0.05, 0.1) is 5.41 Å². The van der Waals surface area contributed by atoms with Crippen molar-refractivity contribution < 1.29 is 14.4 Å². The van der Waals surface area contributed by atoms with Crippen molar-refractivity contribution in [2.45, 2.75) is 58.3 Å². The zero-order chi connectivity index (χ0) is 15.5. The maximum absolute atomic E-state index is 12.4. The first kappa shape index (κ1) is 14.3. The van der Waals surface area contributed by atoms with Gasteiger partial charge in [0, 0.05) is 18.3 Å². The molecule has 0 aromatic heterocycles. The van der Waals surface area contributed by atoms with E-state index in [1.165, 1.54) is 0 Å². The van der Waals surface area contributed by atoms with Gasteiger partial charge in [-0.25, -0.2) is 0 Å². The number of Topliss-reactive ketones (excluding diaryl/α,β-unsaturated/α-hetero) is 1. The van der Waals surface area contributed by atoms with Crippen LogP contribution in [0, 0.1) is 28.6 Å². The van der Waals surface area contributed by atoms with Gasteiger partial charge in [-0.1, -0.05) is 12.5 Å². The summed E-state index contributed by atoms with van der Waals surface area (Å²) < 4.78 is 0. The normalized spacial score (nSPS) is 47.3. The summed E-state index contributed by atoms with van der Waals surface area (Å²) in [7, 11) is 0. The van der Waals surface area contributed by atoms with E-state index in [0.717, 1.165) is 50.4 Å². The van der Waals surface area contributed by atoms with Crippen LogP contribution in [0.4, 0.5) is 0 Å². The summed E-state index contributed by atoms with van der Waals surface area (Å²) in [5.74, 6) is 1.91. The molecule has 0 radical (unpaired) electrons. The number of carbonyl (C=O) groups excluding carboxylic acids is 3. The first-order chi connectivity index (χ1) is 10.5. The van der Waals surface area contributed by atoms with Crippen LogP contribution in [0.2, 0.25) is 0 Å². The summed E-state index contributed by atoms with van der Waals surface area (Å²) in [6.45, 7) is 2.16. The van der Waals surface area contributed by atoms with Crippen molar-refractivity contribution in [1.29, 1.82) is 0 Å². The molecule has 0 spiro atoms. The Labute approximate surface area is 131 Å². The highest BCUT2D eigenvalue weighted by molar-refractivity contribution is 5.93. The number of allylic oxidation sites excluding steroid dienone is 1. The molecule has 5 atom stereocenters. The van der Waals surface area contributed by atoms with E-state index in [4.69, 9.17) is 0 Å². The minimum atomic E-state index is -0.399. The van der Waals surface area contributed by atoms with Crippen molar-refractivity contribution in [2.75, 3.05) is 0 Å². The van der Waals surface area contributed by atoms with Gasteiger partial charge < -0.3 is 4.79 Å². The summed E-state index contributed by atoms with van der Waals surface area (Å²) in [6.07, 6.45) is 9.65. The highest BCUT2D eigenvalue weighted by Gasteiger charge is 2.60. The molecule has 0 aromatic carbocycles. The molecule has 4 aliphatic rings. The molecule has 118 valence electrons. The standard InChI is InChI=1S/C19H24O3/c1-18-8-7-16-14(15(18)4-5-17(18)22)3-2-12-10-13(21)6-9-19(12,16)11-20/h10-11,14-16H,2-9H2,1H3/t14-,15-,16-,18+,19-/m0/s1. The molecule has 4 aliphatic carbocycles. The van der Waals surface area contributed by atoms with Crippen molar-refractivity contribution in [1.82, 2.24) is 0 Å². The van der Waals surface area contributed by atoms with Crippen molar-refractivity contribution in [3.63, 3.8) is 0 Å². The monoisotopic (exact) mass is 300 g/mol. The van der Waals surface area contributed by atoms with Crippen LogP contribution in [0.5, 0.6) is 0 Å². The van der Waals surface area contributed by atoms with Crippen molar-refractivity contribution in [3.05, 3.63) is 11.6 Å². The fourth-order valence-electron chi connectivity index (χ4n) is 6.26. The molecule has 3 saturated carbocycles. The molecule has 0 saturated heterocycles. The van der Waals surface area contributed by atoms with Crippen LogP contribution in [-0.4, -0.2) is 17.9 Å². The van der Waals surface area contributed by atoms with E-state index >= 15 is 0 Å². The third-order valence-electron chi connectivity index (χ3n) is 7.48. The molecular formula is C19H24O3. The molecule has 0 N–H and O–H groups in total. The van der Waals surface area contributed by atoms with Crippen LogP contribution in [0.1, 0.15) is 58.3 Å². The molecule has 0 bridgehead atoms. The van der Waals surface area contributed by atoms with Gasteiger partial charge in [-0.2, -0.15) is 0 Å². The first-order valence-electron chi connectivity index (χ1n) is 8.75. The quantitative estimate of drug-likeness (QED) is 0.698. The van der Waals surface area contributed by atoms with Gasteiger partial charge >= 0.3 is 0 Å². The third kappa shape index (κ3) is 1.65. The summed E-state index contributed by atoms with van der Waals surface area (Å²) in [6, 6.07) is 0. The SMILES string of the molecule is C[C@@]12CC[C@H]3[C@@H](CCC4=CC(=O)CC[C@]43C=O)[C@@H]1CCC2=O. The summed E-state index contributed by atoms with van der Waals surface area (Å²) in [5.41, 5.74) is 0.550. The predicted octanol–water partition coefficient (Wildman–Crippen LogP) is 3.27. The Morgan fingerprint density at radius 2 is 1.86 bits per heavy atom. The Balaban J connectivity index is 1.74. The Hall–Kier alpha value is -1.25. The van der Waals surface area contributed by atoms with Gasteiger partial charge in [-0.05, 0) is 62.4 Å². The second kappa shape index (κ2) is 4.62. The van der Waals surface area contributed by atoms with E-state index < -0.39 is 5.41 Å². The minimum Gasteiger partial charge on any atom is -0.302 e. The van der Waals surface area contributed by atoms with Crippen LogP contribution < -0.4 is 0 Å². The lowest BCUT2D eigenvalue weighted by Crippen LogP contribution is -2.52. The predicted molar refractivity (Wildman–Crippen MR) is 82.1 cm³/mol. The largest absolute Gasteiger partial charge is 0.302 e. The van der Waals surface area contributed by atoms with E-state index in [0.29, 0.717) is 36.4 Å². The fourth-order valence-corrected chi connectivity index (χ4v) is 6.26.